The quantitative estimate of drug-likeness (QED) is 0.893. The van der Waals surface area contributed by atoms with Crippen molar-refractivity contribution in [1.29, 1.82) is 0 Å². The second-order valence-corrected chi connectivity index (χ2v) is 7.71. The fourth-order valence-electron chi connectivity index (χ4n) is 3.58. The Morgan fingerprint density at radius 3 is 2.69 bits per heavy atom. The van der Waals surface area contributed by atoms with Crippen molar-refractivity contribution in [3.8, 4) is 11.5 Å². The van der Waals surface area contributed by atoms with Crippen molar-refractivity contribution in [2.75, 3.05) is 7.11 Å². The van der Waals surface area contributed by atoms with E-state index in [4.69, 9.17) is 9.47 Å². The molecule has 26 heavy (non-hydrogen) atoms. The summed E-state index contributed by atoms with van der Waals surface area (Å²) >= 11 is 0. The Morgan fingerprint density at radius 1 is 1.23 bits per heavy atom. The first kappa shape index (κ1) is 18.3. The number of nitrogens with one attached hydrogen (secondary N) is 1. The maximum absolute atomic E-state index is 12.7. The minimum Gasteiger partial charge on any atom is -0.496 e. The van der Waals surface area contributed by atoms with Crippen LogP contribution in [0.2, 0.25) is 0 Å². The molecule has 4 nitrogen and oxygen atoms in total. The highest BCUT2D eigenvalue weighted by atomic mass is 16.5. The van der Waals surface area contributed by atoms with Crippen molar-refractivity contribution < 1.29 is 14.3 Å². The van der Waals surface area contributed by atoms with Crippen LogP contribution < -0.4 is 14.8 Å². The highest BCUT2D eigenvalue weighted by Gasteiger charge is 2.34. The van der Waals surface area contributed by atoms with Crippen molar-refractivity contribution in [3.05, 3.63) is 58.7 Å². The number of aryl methyl sites for hydroxylation is 2. The number of rotatable bonds is 4. The SMILES string of the molecule is COc1ccc(CC(=O)N[C@H]2CC(C)(C)Oc3ccc(C)cc32)cc1C. The maximum atomic E-state index is 12.7. The van der Waals surface area contributed by atoms with Crippen LogP contribution in [0.5, 0.6) is 11.5 Å². The molecule has 1 atom stereocenters. The summed E-state index contributed by atoms with van der Waals surface area (Å²) in [6.07, 6.45) is 1.10. The summed E-state index contributed by atoms with van der Waals surface area (Å²) in [4.78, 5) is 12.7. The van der Waals surface area contributed by atoms with Gasteiger partial charge in [-0.2, -0.15) is 0 Å². The van der Waals surface area contributed by atoms with Gasteiger partial charge < -0.3 is 14.8 Å². The molecule has 1 amide bonds. The topological polar surface area (TPSA) is 47.6 Å². The molecular formula is C22H27NO3. The molecule has 0 saturated carbocycles. The summed E-state index contributed by atoms with van der Waals surface area (Å²) in [5, 5.41) is 3.20. The summed E-state index contributed by atoms with van der Waals surface area (Å²) in [7, 11) is 1.65. The number of fused-ring (bicyclic) bond motifs is 1. The molecule has 0 unspecified atom stereocenters. The number of carbonyl (C=O) groups excluding carboxylic acids is 1. The Hall–Kier alpha value is -2.49. The second-order valence-electron chi connectivity index (χ2n) is 7.71. The van der Waals surface area contributed by atoms with Crippen LogP contribution in [0.4, 0.5) is 0 Å². The third-order valence-corrected chi connectivity index (χ3v) is 4.78. The summed E-state index contributed by atoms with van der Waals surface area (Å²) in [5.41, 5.74) is 3.93. The van der Waals surface area contributed by atoms with E-state index in [1.807, 2.05) is 37.3 Å². The summed E-state index contributed by atoms with van der Waals surface area (Å²) in [6.45, 7) is 8.16. The van der Waals surface area contributed by atoms with Gasteiger partial charge in [0.25, 0.3) is 0 Å². The number of methoxy groups -OCH3 is 1. The number of carbonyl (C=O) groups is 1. The summed E-state index contributed by atoms with van der Waals surface area (Å²) in [5.74, 6) is 1.71. The van der Waals surface area contributed by atoms with Gasteiger partial charge >= 0.3 is 0 Å². The minimum absolute atomic E-state index is 0.0183. The van der Waals surface area contributed by atoms with Gasteiger partial charge in [0.2, 0.25) is 5.91 Å². The molecule has 0 spiro atoms. The molecule has 2 aromatic carbocycles. The Labute approximate surface area is 155 Å². The monoisotopic (exact) mass is 353 g/mol. The van der Waals surface area contributed by atoms with Gasteiger partial charge in [-0.15, -0.1) is 0 Å². The lowest BCUT2D eigenvalue weighted by Crippen LogP contribution is -2.41. The summed E-state index contributed by atoms with van der Waals surface area (Å²) < 4.78 is 11.4. The van der Waals surface area contributed by atoms with E-state index in [2.05, 4.69) is 32.2 Å². The molecule has 0 aromatic heterocycles. The minimum atomic E-state index is -0.309. The molecule has 4 heteroatoms. The van der Waals surface area contributed by atoms with Crippen molar-refractivity contribution in [2.45, 2.75) is 52.2 Å². The van der Waals surface area contributed by atoms with Crippen LogP contribution in [0.1, 0.15) is 48.6 Å². The molecule has 1 N–H and O–H groups in total. The fourth-order valence-corrected chi connectivity index (χ4v) is 3.58. The molecule has 1 aliphatic rings. The first-order valence-electron chi connectivity index (χ1n) is 9.00. The molecule has 0 radical (unpaired) electrons. The predicted molar refractivity (Wildman–Crippen MR) is 103 cm³/mol. The van der Waals surface area contributed by atoms with Gasteiger partial charge in [-0.25, -0.2) is 0 Å². The van der Waals surface area contributed by atoms with E-state index in [0.717, 1.165) is 40.2 Å². The summed E-state index contributed by atoms with van der Waals surface area (Å²) in [6, 6.07) is 12.0. The van der Waals surface area contributed by atoms with Gasteiger partial charge in [-0.1, -0.05) is 29.8 Å². The molecule has 0 bridgehead atoms. The van der Waals surface area contributed by atoms with Crippen LogP contribution in [0, 0.1) is 13.8 Å². The van der Waals surface area contributed by atoms with E-state index < -0.39 is 0 Å². The lowest BCUT2D eigenvalue weighted by atomic mass is 9.88. The Morgan fingerprint density at radius 2 is 2.00 bits per heavy atom. The molecule has 138 valence electrons. The normalized spacial score (nSPS) is 17.8. The average molecular weight is 353 g/mol. The average Bonchev–Trinajstić information content (AvgIpc) is 2.55. The van der Waals surface area contributed by atoms with E-state index in [0.29, 0.717) is 6.42 Å². The molecule has 1 aliphatic heterocycles. The van der Waals surface area contributed by atoms with Crippen molar-refractivity contribution in [3.63, 3.8) is 0 Å². The van der Waals surface area contributed by atoms with Gasteiger partial charge in [0, 0.05) is 12.0 Å². The Bertz CT molecular complexity index is 826. The van der Waals surface area contributed by atoms with Crippen molar-refractivity contribution in [2.24, 2.45) is 0 Å². The van der Waals surface area contributed by atoms with Gasteiger partial charge in [-0.05, 0) is 51.0 Å². The van der Waals surface area contributed by atoms with Gasteiger partial charge in [0.05, 0.1) is 19.6 Å². The molecule has 0 fully saturated rings. The third-order valence-electron chi connectivity index (χ3n) is 4.78. The largest absolute Gasteiger partial charge is 0.496 e. The number of benzene rings is 2. The molecule has 3 rings (SSSR count). The van der Waals surface area contributed by atoms with Crippen LogP contribution in [-0.4, -0.2) is 18.6 Å². The second kappa shape index (κ2) is 7.02. The third kappa shape index (κ3) is 4.01. The van der Waals surface area contributed by atoms with Crippen LogP contribution in [0.3, 0.4) is 0 Å². The van der Waals surface area contributed by atoms with Crippen molar-refractivity contribution >= 4 is 5.91 Å². The van der Waals surface area contributed by atoms with Crippen LogP contribution in [0.25, 0.3) is 0 Å². The molecule has 1 heterocycles. The Balaban J connectivity index is 1.76. The van der Waals surface area contributed by atoms with E-state index in [1.165, 1.54) is 0 Å². The molecule has 0 aliphatic carbocycles. The van der Waals surface area contributed by atoms with Crippen LogP contribution in [0.15, 0.2) is 36.4 Å². The van der Waals surface area contributed by atoms with E-state index >= 15 is 0 Å². The molecular weight excluding hydrogens is 326 g/mol. The number of hydrogen-bond donors (Lipinski definition) is 1. The van der Waals surface area contributed by atoms with Gasteiger partial charge in [0.15, 0.2) is 0 Å². The highest BCUT2D eigenvalue weighted by molar-refractivity contribution is 5.79. The maximum Gasteiger partial charge on any atom is 0.224 e. The first-order chi connectivity index (χ1) is 12.3. The lowest BCUT2D eigenvalue weighted by Gasteiger charge is -2.38. The number of ether oxygens (including phenoxy) is 2. The van der Waals surface area contributed by atoms with Crippen LogP contribution >= 0.6 is 0 Å². The smallest absolute Gasteiger partial charge is 0.224 e. The molecule has 0 saturated heterocycles. The highest BCUT2D eigenvalue weighted by Crippen LogP contribution is 2.39. The van der Waals surface area contributed by atoms with E-state index in [1.54, 1.807) is 7.11 Å². The van der Waals surface area contributed by atoms with Gasteiger partial charge in [-0.3, -0.25) is 4.79 Å². The molecule has 2 aromatic rings. The zero-order valence-corrected chi connectivity index (χ0v) is 16.2. The standard InChI is InChI=1S/C22H27NO3/c1-14-6-8-20-17(10-14)18(13-22(3,4)26-20)23-21(24)12-16-7-9-19(25-5)15(2)11-16/h6-11,18H,12-13H2,1-5H3,(H,23,24)/t18-/m0/s1. The van der Waals surface area contributed by atoms with E-state index in [-0.39, 0.29) is 17.6 Å². The number of amides is 1. The van der Waals surface area contributed by atoms with Crippen molar-refractivity contribution in [1.82, 2.24) is 5.32 Å². The van der Waals surface area contributed by atoms with Crippen LogP contribution in [-0.2, 0) is 11.2 Å². The zero-order valence-electron chi connectivity index (χ0n) is 16.2. The zero-order chi connectivity index (χ0) is 18.9. The predicted octanol–water partition coefficient (Wildman–Crippen LogP) is 4.27. The van der Waals surface area contributed by atoms with Gasteiger partial charge in [0.1, 0.15) is 17.1 Å². The first-order valence-corrected chi connectivity index (χ1v) is 9.00. The Kier molecular flexibility index (Phi) is 4.94. The lowest BCUT2D eigenvalue weighted by molar-refractivity contribution is -0.121. The fraction of sp³-hybridized carbons (Fsp3) is 0.409. The van der Waals surface area contributed by atoms with E-state index in [9.17, 15) is 4.79 Å². The number of hydrogen-bond acceptors (Lipinski definition) is 3.